The highest BCUT2D eigenvalue weighted by atomic mass is 16.5. The fraction of sp³-hybridized carbons (Fsp3) is 0.100. The van der Waals surface area contributed by atoms with Gasteiger partial charge in [0.25, 0.3) is 0 Å². The lowest BCUT2D eigenvalue weighted by molar-refractivity contribution is -0.134. The summed E-state index contributed by atoms with van der Waals surface area (Å²) in [6, 6.07) is -2.03. The highest BCUT2D eigenvalue weighted by molar-refractivity contribution is 5.86. The molecule has 0 radical (unpaired) electrons. The first-order valence-corrected chi connectivity index (χ1v) is 3.23. The van der Waals surface area contributed by atoms with Gasteiger partial charge in [0.1, 0.15) is 0 Å². The zero-order chi connectivity index (χ0) is 13.2. The highest BCUT2D eigenvalue weighted by Crippen LogP contribution is 2.00. The monoisotopic (exact) mass is 167 g/mol. The molecule has 0 heterocycles. The maximum absolute atomic E-state index is 10.9. The number of benzene rings is 1. The average Bonchev–Trinajstić information content (AvgIpc) is 2.33. The molecule has 0 atom stereocenters. The Hall–Kier alpha value is -1.57. The topological polar surface area (TPSA) is 26.3 Å². The molecule has 1 aromatic rings. The summed E-state index contributed by atoms with van der Waals surface area (Å²) in [4.78, 5) is 10.9. The van der Waals surface area contributed by atoms with E-state index in [4.69, 9.17) is 6.85 Å². The molecule has 62 valence electrons. The maximum atomic E-state index is 10.9. The minimum absolute atomic E-state index is 0.0404. The van der Waals surface area contributed by atoms with Gasteiger partial charge in [0.15, 0.2) is 0 Å². The molecule has 0 N–H and O–H groups in total. The minimum atomic E-state index is -0.656. The summed E-state index contributed by atoms with van der Waals surface area (Å²) in [5.41, 5.74) is -0.0404. The second-order valence-corrected chi connectivity index (χ2v) is 1.90. The summed E-state index contributed by atoms with van der Waals surface area (Å²) in [6.07, 6.45) is 2.15. The quantitative estimate of drug-likeness (QED) is 0.496. The first-order valence-electron chi connectivity index (χ1n) is 5.73. The fourth-order valence-corrected chi connectivity index (χ4v) is 0.562. The van der Waals surface area contributed by atoms with E-state index < -0.39 is 24.1 Å². The van der Waals surface area contributed by atoms with Crippen molar-refractivity contribution in [2.75, 3.05) is 7.11 Å². The summed E-state index contributed by atoms with van der Waals surface area (Å²) in [5, 5.41) is 0. The van der Waals surface area contributed by atoms with Gasteiger partial charge in [-0.3, -0.25) is 0 Å². The van der Waals surface area contributed by atoms with E-state index in [0.29, 0.717) is 0 Å². The predicted octanol–water partition coefficient (Wildman–Crippen LogP) is 1.87. The van der Waals surface area contributed by atoms with Gasteiger partial charge in [0.05, 0.1) is 14.0 Å². The smallest absolute Gasteiger partial charge is 0.330 e. The van der Waals surface area contributed by atoms with Gasteiger partial charge >= 0.3 is 5.97 Å². The van der Waals surface area contributed by atoms with E-state index in [0.717, 1.165) is 12.2 Å². The molecule has 0 bridgehead atoms. The van der Waals surface area contributed by atoms with Gasteiger partial charge in [-0.15, -0.1) is 0 Å². The Labute approximate surface area is 78.5 Å². The van der Waals surface area contributed by atoms with Crippen LogP contribution in [0.4, 0.5) is 0 Å². The van der Waals surface area contributed by atoms with E-state index in [-0.39, 0.29) is 17.6 Å². The third-order valence-electron chi connectivity index (χ3n) is 1.11. The van der Waals surface area contributed by atoms with E-state index >= 15 is 0 Å². The van der Waals surface area contributed by atoms with Crippen LogP contribution in [-0.2, 0) is 9.53 Å². The summed E-state index contributed by atoms with van der Waals surface area (Å²) >= 11 is 0. The predicted molar refractivity (Wildman–Crippen MR) is 47.5 cm³/mol. The molecule has 0 spiro atoms. The van der Waals surface area contributed by atoms with Crippen LogP contribution in [0.2, 0.25) is 0 Å². The lowest BCUT2D eigenvalue weighted by Gasteiger charge is -1.91. The Kier molecular flexibility index (Phi) is 1.41. The van der Waals surface area contributed by atoms with Crippen molar-refractivity contribution in [2.45, 2.75) is 0 Å². The molecule has 0 unspecified atom stereocenters. The molecular formula is C10H10O2. The second-order valence-electron chi connectivity index (χ2n) is 1.90. The molecule has 0 aromatic heterocycles. The largest absolute Gasteiger partial charge is 0.466 e. The lowest BCUT2D eigenvalue weighted by atomic mass is 10.2. The molecule has 2 nitrogen and oxygen atoms in total. The molecule has 2 heteroatoms. The molecule has 0 amide bonds. The van der Waals surface area contributed by atoms with Gasteiger partial charge in [-0.1, -0.05) is 30.2 Å². The molecule has 1 aromatic carbocycles. The van der Waals surface area contributed by atoms with Crippen LogP contribution < -0.4 is 0 Å². The second kappa shape index (κ2) is 4.34. The minimum Gasteiger partial charge on any atom is -0.466 e. The number of hydrogen-bond donors (Lipinski definition) is 0. The van der Waals surface area contributed by atoms with Crippen molar-refractivity contribution in [3.63, 3.8) is 0 Å². The number of hydrogen-bond acceptors (Lipinski definition) is 2. The van der Waals surface area contributed by atoms with E-state index in [9.17, 15) is 4.79 Å². The average molecular weight is 167 g/mol. The number of esters is 1. The summed E-state index contributed by atoms with van der Waals surface area (Å²) in [7, 11) is 1.19. The Bertz CT molecular complexity index is 467. The van der Waals surface area contributed by atoms with Crippen LogP contribution in [0, 0.1) is 0 Å². The van der Waals surface area contributed by atoms with Crippen molar-refractivity contribution in [1.82, 2.24) is 0 Å². The van der Waals surface area contributed by atoms with Crippen molar-refractivity contribution in [2.24, 2.45) is 0 Å². The lowest BCUT2D eigenvalue weighted by Crippen LogP contribution is -1.92. The maximum Gasteiger partial charge on any atom is 0.330 e. The number of carbonyl (C=O) groups is 1. The molecule has 0 saturated heterocycles. The van der Waals surface area contributed by atoms with Gasteiger partial charge in [-0.05, 0) is 11.6 Å². The first kappa shape index (κ1) is 3.90. The molecule has 0 saturated carbocycles. The van der Waals surface area contributed by atoms with Gasteiger partial charge in [0.2, 0.25) is 0 Å². The third kappa shape index (κ3) is 2.58. The Morgan fingerprint density at radius 1 is 1.50 bits per heavy atom. The van der Waals surface area contributed by atoms with Crippen LogP contribution in [-0.4, -0.2) is 13.1 Å². The van der Waals surface area contributed by atoms with Crippen LogP contribution >= 0.6 is 0 Å². The summed E-state index contributed by atoms with van der Waals surface area (Å²) in [5.74, 6) is -0.656. The highest BCUT2D eigenvalue weighted by Gasteiger charge is 1.89. The van der Waals surface area contributed by atoms with E-state index in [1.54, 1.807) is 0 Å². The van der Waals surface area contributed by atoms with Crippen LogP contribution in [0.3, 0.4) is 0 Å². The Balaban J connectivity index is 3.35. The SMILES string of the molecule is [2H]c1c([2H])c([2H])c(/C=C/C(=O)OC)c([2H])c1[2H]. The molecule has 0 fully saturated rings. The van der Waals surface area contributed by atoms with E-state index in [2.05, 4.69) is 4.74 Å². The molecule has 0 aliphatic carbocycles. The standard InChI is InChI=1S/C10H10O2/c1-12-10(11)8-7-9-5-3-2-4-6-9/h2-8H,1H3/b8-7+/i2D,3D,4D,5D,6D. The number of rotatable bonds is 2. The number of carbonyl (C=O) groups excluding carboxylic acids is 1. The van der Waals surface area contributed by atoms with Crippen molar-refractivity contribution in [3.8, 4) is 0 Å². The zero-order valence-electron chi connectivity index (χ0n) is 11.5. The van der Waals surface area contributed by atoms with Crippen LogP contribution in [0.25, 0.3) is 6.08 Å². The van der Waals surface area contributed by atoms with Crippen LogP contribution in [0.5, 0.6) is 0 Å². The Morgan fingerprint density at radius 3 is 2.75 bits per heavy atom. The normalized spacial score (nSPS) is 15.9. The van der Waals surface area contributed by atoms with Gasteiger partial charge < -0.3 is 4.74 Å². The van der Waals surface area contributed by atoms with E-state index in [1.165, 1.54) is 7.11 Å². The molecular weight excluding hydrogens is 152 g/mol. The Morgan fingerprint density at radius 2 is 2.17 bits per heavy atom. The van der Waals surface area contributed by atoms with Gasteiger partial charge in [0, 0.05) is 6.08 Å². The molecule has 1 rings (SSSR count). The number of ether oxygens (including phenoxy) is 1. The fourth-order valence-electron chi connectivity index (χ4n) is 0.562. The van der Waals surface area contributed by atoms with Gasteiger partial charge in [-0.25, -0.2) is 4.79 Å². The molecule has 0 aliphatic heterocycles. The zero-order valence-corrected chi connectivity index (χ0v) is 6.47. The summed E-state index contributed by atoms with van der Waals surface area (Å²) < 4.78 is 41.7. The van der Waals surface area contributed by atoms with Crippen molar-refractivity contribution < 1.29 is 16.4 Å². The number of methoxy groups -OCH3 is 1. The van der Waals surface area contributed by atoms with Gasteiger partial charge in [-0.2, -0.15) is 0 Å². The van der Waals surface area contributed by atoms with Crippen LogP contribution in [0.15, 0.2) is 36.3 Å². The van der Waals surface area contributed by atoms with Crippen LogP contribution in [0.1, 0.15) is 12.4 Å². The van der Waals surface area contributed by atoms with Crippen molar-refractivity contribution in [1.29, 1.82) is 0 Å². The first-order chi connectivity index (χ1) is 7.90. The third-order valence-corrected chi connectivity index (χ3v) is 1.11. The van der Waals surface area contributed by atoms with Crippen molar-refractivity contribution >= 4 is 12.0 Å². The van der Waals surface area contributed by atoms with E-state index in [1.807, 2.05) is 0 Å². The van der Waals surface area contributed by atoms with Crippen molar-refractivity contribution in [3.05, 3.63) is 41.9 Å². The summed E-state index contributed by atoms with van der Waals surface area (Å²) in [6.45, 7) is 0. The molecule has 12 heavy (non-hydrogen) atoms. The molecule has 0 aliphatic rings.